The zero-order valence-electron chi connectivity index (χ0n) is 9.38. The van der Waals surface area contributed by atoms with Gasteiger partial charge >= 0.3 is 6.18 Å². The minimum absolute atomic E-state index is 0.368. The van der Waals surface area contributed by atoms with Crippen LogP contribution in [-0.4, -0.2) is 6.18 Å². The van der Waals surface area contributed by atoms with Gasteiger partial charge < -0.3 is 5.73 Å². The Morgan fingerprint density at radius 1 is 1.06 bits per heavy atom. The topological polar surface area (TPSA) is 26.0 Å². The molecule has 4 heteroatoms. The van der Waals surface area contributed by atoms with Crippen LogP contribution in [0.1, 0.15) is 43.4 Å². The second kappa shape index (κ2) is 4.87. The number of halogens is 3. The Morgan fingerprint density at radius 3 is 1.88 bits per heavy atom. The van der Waals surface area contributed by atoms with Crippen LogP contribution >= 0.6 is 0 Å². The van der Waals surface area contributed by atoms with Crippen LogP contribution in [0.15, 0.2) is 24.3 Å². The second-order valence-corrected chi connectivity index (χ2v) is 4.25. The standard InChI is InChI=1S/C12H16F3N/c1-8(2)9-3-5-10(6-4-9)11(16)7-12(13,14)15/h3-6,8,11H,7,16H2,1-2H3/t11-/m1/s1. The van der Waals surface area contributed by atoms with E-state index in [1.54, 1.807) is 12.1 Å². The van der Waals surface area contributed by atoms with Gasteiger partial charge in [-0.1, -0.05) is 38.1 Å². The zero-order chi connectivity index (χ0) is 12.3. The van der Waals surface area contributed by atoms with Crippen LogP contribution < -0.4 is 5.73 Å². The van der Waals surface area contributed by atoms with Crippen LogP contribution in [-0.2, 0) is 0 Å². The molecule has 0 spiro atoms. The number of alkyl halides is 3. The van der Waals surface area contributed by atoms with Crippen LogP contribution in [0.25, 0.3) is 0 Å². The first-order valence-electron chi connectivity index (χ1n) is 5.22. The Kier molecular flexibility index (Phi) is 3.97. The molecule has 1 rings (SSSR count). The Balaban J connectivity index is 2.74. The molecule has 0 heterocycles. The van der Waals surface area contributed by atoms with Crippen molar-refractivity contribution in [3.63, 3.8) is 0 Å². The SMILES string of the molecule is CC(C)c1ccc([C@H](N)CC(F)(F)F)cc1. The molecule has 0 saturated carbocycles. The lowest BCUT2D eigenvalue weighted by Crippen LogP contribution is -2.20. The Labute approximate surface area is 93.5 Å². The van der Waals surface area contributed by atoms with Gasteiger partial charge in [-0.3, -0.25) is 0 Å². The molecule has 0 aliphatic heterocycles. The number of benzene rings is 1. The van der Waals surface area contributed by atoms with Crippen molar-refractivity contribution in [1.82, 2.24) is 0 Å². The molecule has 0 fully saturated rings. The van der Waals surface area contributed by atoms with Gasteiger partial charge in [-0.25, -0.2) is 0 Å². The van der Waals surface area contributed by atoms with Gasteiger partial charge in [0.15, 0.2) is 0 Å². The lowest BCUT2D eigenvalue weighted by Gasteiger charge is -2.15. The number of nitrogens with two attached hydrogens (primary N) is 1. The molecular weight excluding hydrogens is 215 g/mol. The smallest absolute Gasteiger partial charge is 0.324 e. The van der Waals surface area contributed by atoms with E-state index in [2.05, 4.69) is 0 Å². The van der Waals surface area contributed by atoms with E-state index in [0.29, 0.717) is 11.5 Å². The van der Waals surface area contributed by atoms with E-state index < -0.39 is 18.6 Å². The third-order valence-corrected chi connectivity index (χ3v) is 2.48. The molecule has 16 heavy (non-hydrogen) atoms. The zero-order valence-corrected chi connectivity index (χ0v) is 9.38. The fourth-order valence-electron chi connectivity index (χ4n) is 1.50. The third-order valence-electron chi connectivity index (χ3n) is 2.48. The highest BCUT2D eigenvalue weighted by atomic mass is 19.4. The molecule has 0 saturated heterocycles. The van der Waals surface area contributed by atoms with E-state index in [4.69, 9.17) is 5.73 Å². The van der Waals surface area contributed by atoms with Gasteiger partial charge in [0, 0.05) is 6.04 Å². The van der Waals surface area contributed by atoms with E-state index in [9.17, 15) is 13.2 Å². The number of hydrogen-bond acceptors (Lipinski definition) is 1. The predicted molar refractivity (Wildman–Crippen MR) is 58.1 cm³/mol. The van der Waals surface area contributed by atoms with E-state index in [0.717, 1.165) is 5.56 Å². The molecule has 90 valence electrons. The van der Waals surface area contributed by atoms with Gasteiger partial charge in [0.2, 0.25) is 0 Å². The summed E-state index contributed by atoms with van der Waals surface area (Å²) in [6, 6.07) is 6.03. The quantitative estimate of drug-likeness (QED) is 0.842. The van der Waals surface area contributed by atoms with Crippen molar-refractivity contribution in [1.29, 1.82) is 0 Å². The fourth-order valence-corrected chi connectivity index (χ4v) is 1.50. The van der Waals surface area contributed by atoms with Crippen molar-refractivity contribution < 1.29 is 13.2 Å². The molecule has 0 aliphatic rings. The predicted octanol–water partition coefficient (Wildman–Crippen LogP) is 3.76. The molecule has 0 radical (unpaired) electrons. The normalized spacial score (nSPS) is 14.2. The minimum atomic E-state index is -4.21. The molecule has 1 aromatic carbocycles. The highest BCUT2D eigenvalue weighted by molar-refractivity contribution is 5.26. The maximum Gasteiger partial charge on any atom is 0.390 e. The van der Waals surface area contributed by atoms with Crippen LogP contribution in [0.3, 0.4) is 0 Å². The summed E-state index contributed by atoms with van der Waals surface area (Å²) >= 11 is 0. The highest BCUT2D eigenvalue weighted by Gasteiger charge is 2.30. The van der Waals surface area contributed by atoms with Crippen molar-refractivity contribution in [2.45, 2.75) is 38.4 Å². The summed E-state index contributed by atoms with van der Waals surface area (Å²) in [5.41, 5.74) is 7.12. The largest absolute Gasteiger partial charge is 0.390 e. The van der Waals surface area contributed by atoms with Crippen LogP contribution in [0.5, 0.6) is 0 Å². The van der Waals surface area contributed by atoms with E-state index in [1.165, 1.54) is 0 Å². The third kappa shape index (κ3) is 3.85. The minimum Gasteiger partial charge on any atom is -0.324 e. The van der Waals surface area contributed by atoms with Gasteiger partial charge in [0.25, 0.3) is 0 Å². The van der Waals surface area contributed by atoms with Crippen LogP contribution in [0, 0.1) is 0 Å². The van der Waals surface area contributed by atoms with Crippen molar-refractivity contribution in [3.8, 4) is 0 Å². The van der Waals surface area contributed by atoms with Gasteiger partial charge in [-0.05, 0) is 17.0 Å². The van der Waals surface area contributed by atoms with Crippen molar-refractivity contribution >= 4 is 0 Å². The Morgan fingerprint density at radius 2 is 1.50 bits per heavy atom. The lowest BCUT2D eigenvalue weighted by molar-refractivity contribution is -0.138. The Hall–Kier alpha value is -1.03. The molecule has 0 amide bonds. The van der Waals surface area contributed by atoms with Crippen molar-refractivity contribution in [2.75, 3.05) is 0 Å². The molecule has 0 unspecified atom stereocenters. The molecular formula is C12H16F3N. The molecule has 1 atom stereocenters. The average Bonchev–Trinajstić information content (AvgIpc) is 2.15. The summed E-state index contributed by atoms with van der Waals surface area (Å²) in [6.45, 7) is 4.06. The summed E-state index contributed by atoms with van der Waals surface area (Å²) in [5.74, 6) is 0.368. The maximum atomic E-state index is 12.1. The monoisotopic (exact) mass is 231 g/mol. The summed E-state index contributed by atoms with van der Waals surface area (Å²) in [7, 11) is 0. The first-order chi connectivity index (χ1) is 7.29. The van der Waals surface area contributed by atoms with Gasteiger partial charge in [-0.2, -0.15) is 13.2 Å². The maximum absolute atomic E-state index is 12.1. The van der Waals surface area contributed by atoms with Crippen LogP contribution in [0.4, 0.5) is 13.2 Å². The molecule has 0 bridgehead atoms. The first kappa shape index (κ1) is 13.0. The average molecular weight is 231 g/mol. The number of hydrogen-bond donors (Lipinski definition) is 1. The van der Waals surface area contributed by atoms with Crippen molar-refractivity contribution in [2.24, 2.45) is 5.73 Å². The van der Waals surface area contributed by atoms with Crippen molar-refractivity contribution in [3.05, 3.63) is 35.4 Å². The summed E-state index contributed by atoms with van der Waals surface area (Å²) in [6.07, 6.45) is -5.19. The summed E-state index contributed by atoms with van der Waals surface area (Å²) in [5, 5.41) is 0. The first-order valence-corrected chi connectivity index (χ1v) is 5.22. The Bertz CT molecular complexity index is 327. The molecule has 1 nitrogen and oxygen atoms in total. The summed E-state index contributed by atoms with van der Waals surface area (Å²) in [4.78, 5) is 0. The highest BCUT2D eigenvalue weighted by Crippen LogP contribution is 2.28. The molecule has 0 aliphatic carbocycles. The lowest BCUT2D eigenvalue weighted by atomic mass is 9.98. The fraction of sp³-hybridized carbons (Fsp3) is 0.500. The van der Waals surface area contributed by atoms with Gasteiger partial charge in [0.1, 0.15) is 0 Å². The van der Waals surface area contributed by atoms with E-state index >= 15 is 0 Å². The van der Waals surface area contributed by atoms with E-state index in [-0.39, 0.29) is 0 Å². The van der Waals surface area contributed by atoms with Crippen LogP contribution in [0.2, 0.25) is 0 Å². The molecule has 2 N–H and O–H groups in total. The molecule has 1 aromatic rings. The van der Waals surface area contributed by atoms with Gasteiger partial charge in [-0.15, -0.1) is 0 Å². The second-order valence-electron chi connectivity index (χ2n) is 4.25. The number of rotatable bonds is 3. The summed E-state index contributed by atoms with van der Waals surface area (Å²) < 4.78 is 36.4. The van der Waals surface area contributed by atoms with Gasteiger partial charge in [0.05, 0.1) is 6.42 Å². The van der Waals surface area contributed by atoms with E-state index in [1.807, 2.05) is 26.0 Å². The molecule has 0 aromatic heterocycles.